The quantitative estimate of drug-likeness (QED) is 0.114. The molecule has 0 aliphatic heterocycles. The average molecular weight is 677 g/mol. The summed E-state index contributed by atoms with van der Waals surface area (Å²) >= 11 is 12.2. The van der Waals surface area contributed by atoms with Crippen molar-refractivity contribution >= 4 is 52.9 Å². The number of amides is 5. The van der Waals surface area contributed by atoms with Crippen molar-refractivity contribution < 1.29 is 38.9 Å². The van der Waals surface area contributed by atoms with E-state index in [0.29, 0.717) is 12.1 Å². The highest BCUT2D eigenvalue weighted by atomic mass is 35.5. The second-order valence-corrected chi connectivity index (χ2v) is 12.5. The van der Waals surface area contributed by atoms with Gasteiger partial charge in [0.1, 0.15) is 18.2 Å². The van der Waals surface area contributed by atoms with Crippen molar-refractivity contribution in [3.05, 3.63) is 33.8 Å². The molecule has 4 unspecified atom stereocenters. The number of ether oxygens (including phenoxy) is 1. The predicted molar refractivity (Wildman–Crippen MR) is 170 cm³/mol. The van der Waals surface area contributed by atoms with E-state index < -0.39 is 72.1 Å². The smallest absolute Gasteiger partial charge is 0.407 e. The second-order valence-electron chi connectivity index (χ2n) is 11.7. The molecular weight excluding hydrogens is 629 g/mol. The van der Waals surface area contributed by atoms with Gasteiger partial charge in [0.2, 0.25) is 11.8 Å². The van der Waals surface area contributed by atoms with E-state index in [1.54, 1.807) is 19.9 Å². The minimum atomic E-state index is -2.12. The van der Waals surface area contributed by atoms with Crippen molar-refractivity contribution in [2.24, 2.45) is 17.6 Å². The van der Waals surface area contributed by atoms with Gasteiger partial charge in [0.15, 0.2) is 12.2 Å². The van der Waals surface area contributed by atoms with E-state index >= 15 is 0 Å². The van der Waals surface area contributed by atoms with Crippen molar-refractivity contribution in [3.8, 4) is 0 Å². The first kappa shape index (κ1) is 39.9. The maximum atomic E-state index is 13.3. The van der Waals surface area contributed by atoms with Crippen LogP contribution in [-0.4, -0.2) is 82.9 Å². The number of hydrogen-bond donors (Lipinski definition) is 7. The van der Waals surface area contributed by atoms with Gasteiger partial charge in [0.05, 0.1) is 16.1 Å². The molecule has 254 valence electrons. The Balaban J connectivity index is 3.14. The van der Waals surface area contributed by atoms with Gasteiger partial charge in [0.25, 0.3) is 11.8 Å². The monoisotopic (exact) mass is 675 g/mol. The first-order chi connectivity index (χ1) is 21.0. The summed E-state index contributed by atoms with van der Waals surface area (Å²) in [6.45, 7) is 10.6. The maximum absolute atomic E-state index is 13.3. The SMILES string of the molecule is CCCCNC(=O)O[C@H](C(=O)NC(Cc1ccc(Cl)c(Cl)c1)C(O)C(O)C(=O)N[C@@H](C)C(=O)NC(CC(C)C)C(N)=O)C(C)C. The fourth-order valence-electron chi connectivity index (χ4n) is 4.21. The van der Waals surface area contributed by atoms with Crippen LogP contribution in [0.1, 0.15) is 66.4 Å². The number of unbranched alkanes of at least 4 members (excludes halogenated alkanes) is 1. The number of aliphatic hydroxyl groups excluding tert-OH is 2. The summed E-state index contributed by atoms with van der Waals surface area (Å²) in [6, 6.07) is 1.11. The topological polar surface area (TPSA) is 209 Å². The van der Waals surface area contributed by atoms with Crippen LogP contribution in [0.15, 0.2) is 18.2 Å². The number of nitrogens with two attached hydrogens (primary N) is 1. The molecule has 0 saturated carbocycles. The number of benzene rings is 1. The molecule has 0 aromatic heterocycles. The zero-order valence-corrected chi connectivity index (χ0v) is 28.1. The molecule has 15 heteroatoms. The lowest BCUT2D eigenvalue weighted by Gasteiger charge is -2.30. The molecule has 0 spiro atoms. The van der Waals surface area contributed by atoms with Gasteiger partial charge in [-0.15, -0.1) is 0 Å². The van der Waals surface area contributed by atoms with Crippen molar-refractivity contribution in [3.63, 3.8) is 0 Å². The van der Waals surface area contributed by atoms with Crippen LogP contribution in [-0.2, 0) is 30.3 Å². The van der Waals surface area contributed by atoms with Crippen molar-refractivity contribution in [2.45, 2.75) is 104 Å². The molecular formula is C30H47Cl2N5O8. The fraction of sp³-hybridized carbons (Fsp3) is 0.633. The molecule has 5 amide bonds. The van der Waals surface area contributed by atoms with Crippen LogP contribution < -0.4 is 27.0 Å². The Morgan fingerprint density at radius 1 is 0.911 bits per heavy atom. The molecule has 1 rings (SSSR count). The Morgan fingerprint density at radius 3 is 2.09 bits per heavy atom. The first-order valence-electron chi connectivity index (χ1n) is 14.9. The number of nitrogens with one attached hydrogen (secondary N) is 4. The van der Waals surface area contributed by atoms with Gasteiger partial charge in [0, 0.05) is 6.54 Å². The van der Waals surface area contributed by atoms with Crippen LogP contribution in [0.25, 0.3) is 0 Å². The van der Waals surface area contributed by atoms with Gasteiger partial charge in [-0.05, 0) is 55.7 Å². The van der Waals surface area contributed by atoms with E-state index in [0.717, 1.165) is 12.8 Å². The fourth-order valence-corrected chi connectivity index (χ4v) is 4.53. The lowest BCUT2D eigenvalue weighted by Crippen LogP contribution is -2.58. The van der Waals surface area contributed by atoms with Gasteiger partial charge < -0.3 is 42.0 Å². The molecule has 1 aromatic carbocycles. The van der Waals surface area contributed by atoms with E-state index in [2.05, 4.69) is 21.3 Å². The third-order valence-electron chi connectivity index (χ3n) is 6.79. The summed E-state index contributed by atoms with van der Waals surface area (Å²) < 4.78 is 5.34. The van der Waals surface area contributed by atoms with E-state index in [1.165, 1.54) is 19.1 Å². The first-order valence-corrected chi connectivity index (χ1v) is 15.7. The van der Waals surface area contributed by atoms with Gasteiger partial charge in [-0.25, -0.2) is 4.79 Å². The van der Waals surface area contributed by atoms with Crippen LogP contribution in [0.5, 0.6) is 0 Å². The normalized spacial score (nSPS) is 15.3. The van der Waals surface area contributed by atoms with Crippen LogP contribution in [0.4, 0.5) is 4.79 Å². The van der Waals surface area contributed by atoms with Crippen molar-refractivity contribution in [1.82, 2.24) is 21.3 Å². The Kier molecular flexibility index (Phi) is 17.2. The van der Waals surface area contributed by atoms with E-state index in [4.69, 9.17) is 33.7 Å². The van der Waals surface area contributed by atoms with Gasteiger partial charge in [-0.1, -0.05) is 70.3 Å². The summed E-state index contributed by atoms with van der Waals surface area (Å²) in [5, 5.41) is 32.3. The minimum Gasteiger partial charge on any atom is -0.436 e. The number of carbonyl (C=O) groups excluding carboxylic acids is 5. The third kappa shape index (κ3) is 13.8. The molecule has 0 saturated heterocycles. The number of aliphatic hydroxyl groups is 2. The number of hydrogen-bond acceptors (Lipinski definition) is 8. The second kappa shape index (κ2) is 19.4. The molecule has 13 nitrogen and oxygen atoms in total. The van der Waals surface area contributed by atoms with E-state index in [1.807, 2.05) is 20.8 Å². The highest BCUT2D eigenvalue weighted by Crippen LogP contribution is 2.24. The van der Waals surface area contributed by atoms with E-state index in [9.17, 15) is 34.2 Å². The maximum Gasteiger partial charge on any atom is 0.407 e. The number of carbonyl (C=O) groups is 5. The number of alkyl carbamates (subject to hydrolysis) is 1. The third-order valence-corrected chi connectivity index (χ3v) is 7.53. The zero-order chi connectivity index (χ0) is 34.4. The Morgan fingerprint density at radius 2 is 1.56 bits per heavy atom. The van der Waals surface area contributed by atoms with Crippen LogP contribution in [0.3, 0.4) is 0 Å². The average Bonchev–Trinajstić information content (AvgIpc) is 2.95. The highest BCUT2D eigenvalue weighted by molar-refractivity contribution is 6.42. The summed E-state index contributed by atoms with van der Waals surface area (Å²) in [7, 11) is 0. The van der Waals surface area contributed by atoms with Crippen molar-refractivity contribution in [1.29, 1.82) is 0 Å². The van der Waals surface area contributed by atoms with Crippen molar-refractivity contribution in [2.75, 3.05) is 6.54 Å². The molecule has 0 heterocycles. The summed E-state index contributed by atoms with van der Waals surface area (Å²) in [5.41, 5.74) is 5.87. The minimum absolute atomic E-state index is 0.0449. The molecule has 0 fully saturated rings. The molecule has 0 aliphatic carbocycles. The largest absolute Gasteiger partial charge is 0.436 e. The van der Waals surface area contributed by atoms with Crippen LogP contribution in [0.2, 0.25) is 10.0 Å². The molecule has 0 radical (unpaired) electrons. The molecule has 0 bridgehead atoms. The summed E-state index contributed by atoms with van der Waals surface area (Å²) in [5.74, 6) is -3.80. The predicted octanol–water partition coefficient (Wildman–Crippen LogP) is 1.81. The molecule has 1 aromatic rings. The Labute approximate surface area is 274 Å². The van der Waals surface area contributed by atoms with Crippen LogP contribution in [0, 0.1) is 11.8 Å². The zero-order valence-electron chi connectivity index (χ0n) is 26.6. The van der Waals surface area contributed by atoms with Gasteiger partial charge in [-0.2, -0.15) is 0 Å². The molecule has 45 heavy (non-hydrogen) atoms. The van der Waals surface area contributed by atoms with Gasteiger partial charge in [-0.3, -0.25) is 19.2 Å². The number of rotatable bonds is 18. The Hall–Kier alpha value is -3.13. The summed E-state index contributed by atoms with van der Waals surface area (Å²) in [4.78, 5) is 62.9. The standard InChI is InChI=1S/C30H47Cl2N5O8/c1-7-8-11-34-30(44)45-25(16(4)5)29(43)36-21(14-18-9-10-19(31)20(32)13-18)23(38)24(39)28(42)35-17(6)27(41)37-22(26(33)40)12-15(2)3/h9-10,13,15-17,21-25,38-39H,7-8,11-12,14H2,1-6H3,(H2,33,40)(H,34,44)(H,35,42)(H,36,43)(H,37,41)/t17-,21?,22?,23?,24?,25-/m0/s1. The highest BCUT2D eigenvalue weighted by Gasteiger charge is 2.36. The van der Waals surface area contributed by atoms with E-state index in [-0.39, 0.29) is 28.8 Å². The number of primary amides is 1. The van der Waals surface area contributed by atoms with Crippen LogP contribution >= 0.6 is 23.2 Å². The number of halogens is 2. The molecule has 6 atom stereocenters. The molecule has 8 N–H and O–H groups in total. The molecule has 0 aliphatic rings. The summed E-state index contributed by atoms with van der Waals surface area (Å²) in [6.07, 6.45) is -4.36. The lowest BCUT2D eigenvalue weighted by molar-refractivity contribution is -0.142. The lowest BCUT2D eigenvalue weighted by atomic mass is 9.96. The van der Waals surface area contributed by atoms with Gasteiger partial charge >= 0.3 is 6.09 Å². The Bertz CT molecular complexity index is 1170.